The van der Waals surface area contributed by atoms with Crippen molar-refractivity contribution < 1.29 is 24.2 Å². The number of aromatic hydroxyl groups is 1. The van der Waals surface area contributed by atoms with E-state index in [0.717, 1.165) is 0 Å². The Bertz CT molecular complexity index is 740. The highest BCUT2D eigenvalue weighted by atomic mass is 16.5. The molecule has 0 aliphatic carbocycles. The Balaban J connectivity index is 1.97. The number of ether oxygens (including phenoxy) is 1. The average molecular weight is 314 g/mol. The maximum absolute atomic E-state index is 11.9. The van der Waals surface area contributed by atoms with E-state index in [4.69, 9.17) is 0 Å². The smallest absolute Gasteiger partial charge is 0.337 e. The first-order valence-electron chi connectivity index (χ1n) is 6.59. The summed E-state index contributed by atoms with van der Waals surface area (Å²) in [6.45, 7) is 0. The van der Waals surface area contributed by atoms with E-state index >= 15 is 0 Å². The Labute approximate surface area is 131 Å². The van der Waals surface area contributed by atoms with Crippen molar-refractivity contribution in [3.05, 3.63) is 65.2 Å². The van der Waals surface area contributed by atoms with E-state index in [1.807, 2.05) is 0 Å². The minimum absolute atomic E-state index is 0.0534. The van der Waals surface area contributed by atoms with Gasteiger partial charge < -0.3 is 9.84 Å². The molecule has 2 aromatic carbocycles. The van der Waals surface area contributed by atoms with Gasteiger partial charge in [-0.25, -0.2) is 4.79 Å². The third kappa shape index (κ3) is 4.07. The van der Waals surface area contributed by atoms with Crippen LogP contribution in [0.4, 0.5) is 0 Å². The fourth-order valence-corrected chi connectivity index (χ4v) is 1.78. The Kier molecular flexibility index (Phi) is 4.93. The summed E-state index contributed by atoms with van der Waals surface area (Å²) in [4.78, 5) is 35.0. The lowest BCUT2D eigenvalue weighted by molar-refractivity contribution is 0.0600. The predicted octanol–water partition coefficient (Wildman–Crippen LogP) is 1.25. The number of hydrogen-bond acceptors (Lipinski definition) is 5. The molecule has 0 radical (unpaired) electrons. The number of phenolic OH excluding ortho intramolecular Hbond substituents is 1. The third-order valence-corrected chi connectivity index (χ3v) is 2.97. The molecule has 0 saturated carbocycles. The Morgan fingerprint density at radius 1 is 0.870 bits per heavy atom. The highest BCUT2D eigenvalue weighted by Crippen LogP contribution is 2.10. The monoisotopic (exact) mass is 314 g/mol. The van der Waals surface area contributed by atoms with Crippen LogP contribution in [0.5, 0.6) is 5.75 Å². The number of methoxy groups -OCH3 is 1. The van der Waals surface area contributed by atoms with Crippen LogP contribution in [0.25, 0.3) is 0 Å². The summed E-state index contributed by atoms with van der Waals surface area (Å²) < 4.78 is 4.56. The van der Waals surface area contributed by atoms with Gasteiger partial charge in [-0.05, 0) is 42.5 Å². The molecule has 2 aromatic rings. The van der Waals surface area contributed by atoms with Crippen LogP contribution < -0.4 is 10.9 Å². The second-order valence-electron chi connectivity index (χ2n) is 4.53. The van der Waals surface area contributed by atoms with Crippen LogP contribution >= 0.6 is 0 Å². The third-order valence-electron chi connectivity index (χ3n) is 2.97. The number of benzene rings is 2. The van der Waals surface area contributed by atoms with Crippen molar-refractivity contribution >= 4 is 17.8 Å². The van der Waals surface area contributed by atoms with Crippen molar-refractivity contribution in [2.24, 2.45) is 0 Å². The largest absolute Gasteiger partial charge is 0.508 e. The Morgan fingerprint density at radius 3 is 2.00 bits per heavy atom. The minimum Gasteiger partial charge on any atom is -0.508 e. The van der Waals surface area contributed by atoms with E-state index < -0.39 is 17.8 Å². The van der Waals surface area contributed by atoms with Crippen LogP contribution in [0.3, 0.4) is 0 Å². The van der Waals surface area contributed by atoms with Crippen LogP contribution in [0, 0.1) is 0 Å². The molecule has 7 heteroatoms. The highest BCUT2D eigenvalue weighted by Gasteiger charge is 2.11. The Hall–Kier alpha value is -3.35. The number of amides is 2. The summed E-state index contributed by atoms with van der Waals surface area (Å²) >= 11 is 0. The van der Waals surface area contributed by atoms with Gasteiger partial charge in [0.15, 0.2) is 0 Å². The van der Waals surface area contributed by atoms with E-state index in [2.05, 4.69) is 15.6 Å². The van der Waals surface area contributed by atoms with Gasteiger partial charge in [-0.2, -0.15) is 0 Å². The van der Waals surface area contributed by atoms with Crippen LogP contribution in [-0.4, -0.2) is 30.0 Å². The first kappa shape index (κ1) is 16.0. The lowest BCUT2D eigenvalue weighted by Gasteiger charge is -2.08. The molecule has 7 nitrogen and oxygen atoms in total. The summed E-state index contributed by atoms with van der Waals surface area (Å²) in [6.07, 6.45) is 0. The molecule has 0 aromatic heterocycles. The fraction of sp³-hybridized carbons (Fsp3) is 0.0625. The number of esters is 1. The van der Waals surface area contributed by atoms with Gasteiger partial charge in [0, 0.05) is 11.1 Å². The van der Waals surface area contributed by atoms with Crippen LogP contribution in [0.2, 0.25) is 0 Å². The number of hydrogen-bond donors (Lipinski definition) is 3. The molecule has 0 fully saturated rings. The SMILES string of the molecule is COC(=O)c1ccc(C(=O)NNC(=O)c2cccc(O)c2)cc1. The zero-order valence-corrected chi connectivity index (χ0v) is 12.2. The summed E-state index contributed by atoms with van der Waals surface area (Å²) in [5.74, 6) is -1.67. The summed E-state index contributed by atoms with van der Waals surface area (Å²) in [5.41, 5.74) is 5.25. The standard InChI is InChI=1S/C16H14N2O5/c1-23-16(22)11-7-5-10(6-8-11)14(20)17-18-15(21)12-3-2-4-13(19)9-12/h2-9,19H,1H3,(H,17,20)(H,18,21). The highest BCUT2D eigenvalue weighted by molar-refractivity contribution is 5.99. The van der Waals surface area contributed by atoms with Crippen molar-refractivity contribution in [1.82, 2.24) is 10.9 Å². The summed E-state index contributed by atoms with van der Waals surface area (Å²) in [7, 11) is 1.26. The predicted molar refractivity (Wildman–Crippen MR) is 80.8 cm³/mol. The van der Waals surface area contributed by atoms with Gasteiger partial charge in [-0.1, -0.05) is 6.07 Å². The van der Waals surface area contributed by atoms with Gasteiger partial charge in [0.25, 0.3) is 11.8 Å². The molecule has 0 aliphatic rings. The van der Waals surface area contributed by atoms with E-state index in [1.54, 1.807) is 0 Å². The molecule has 0 spiro atoms. The molecular weight excluding hydrogens is 300 g/mol. The number of carbonyl (C=O) groups excluding carboxylic acids is 3. The lowest BCUT2D eigenvalue weighted by atomic mass is 10.1. The molecule has 2 rings (SSSR count). The molecule has 3 N–H and O–H groups in total. The van der Waals surface area contributed by atoms with Crippen molar-refractivity contribution in [3.63, 3.8) is 0 Å². The molecule has 23 heavy (non-hydrogen) atoms. The topological polar surface area (TPSA) is 105 Å². The van der Waals surface area contributed by atoms with Gasteiger partial charge in [-0.15, -0.1) is 0 Å². The number of carbonyl (C=O) groups is 3. The fourth-order valence-electron chi connectivity index (χ4n) is 1.78. The van der Waals surface area contributed by atoms with Gasteiger partial charge >= 0.3 is 5.97 Å². The number of hydrazine groups is 1. The van der Waals surface area contributed by atoms with E-state index in [-0.39, 0.29) is 16.9 Å². The molecule has 0 aliphatic heterocycles. The van der Waals surface area contributed by atoms with Gasteiger partial charge in [0.1, 0.15) is 5.75 Å². The molecule has 118 valence electrons. The molecule has 2 amide bonds. The minimum atomic E-state index is -0.569. The zero-order chi connectivity index (χ0) is 16.8. The van der Waals surface area contributed by atoms with E-state index in [1.165, 1.54) is 55.6 Å². The summed E-state index contributed by atoms with van der Waals surface area (Å²) in [5, 5.41) is 9.30. The van der Waals surface area contributed by atoms with Crippen molar-refractivity contribution in [2.75, 3.05) is 7.11 Å². The first-order chi connectivity index (χ1) is 11.0. The maximum Gasteiger partial charge on any atom is 0.337 e. The van der Waals surface area contributed by atoms with Crippen molar-refractivity contribution in [1.29, 1.82) is 0 Å². The lowest BCUT2D eigenvalue weighted by Crippen LogP contribution is -2.41. The zero-order valence-electron chi connectivity index (χ0n) is 12.2. The Morgan fingerprint density at radius 2 is 1.43 bits per heavy atom. The quantitative estimate of drug-likeness (QED) is 0.584. The van der Waals surface area contributed by atoms with Gasteiger partial charge in [0.2, 0.25) is 0 Å². The molecule has 0 atom stereocenters. The van der Waals surface area contributed by atoms with Gasteiger partial charge in [-0.3, -0.25) is 20.4 Å². The number of nitrogens with one attached hydrogen (secondary N) is 2. The molecule has 0 bridgehead atoms. The normalized spacial score (nSPS) is 9.78. The van der Waals surface area contributed by atoms with Crippen LogP contribution in [0.1, 0.15) is 31.1 Å². The second kappa shape index (κ2) is 7.08. The molecular formula is C16H14N2O5. The average Bonchev–Trinajstić information content (AvgIpc) is 2.58. The molecule has 0 saturated heterocycles. The van der Waals surface area contributed by atoms with Gasteiger partial charge in [0.05, 0.1) is 12.7 Å². The van der Waals surface area contributed by atoms with Crippen LogP contribution in [0.15, 0.2) is 48.5 Å². The van der Waals surface area contributed by atoms with Crippen molar-refractivity contribution in [3.8, 4) is 5.75 Å². The maximum atomic E-state index is 11.9. The number of phenols is 1. The summed E-state index contributed by atoms with van der Waals surface area (Å²) in [6, 6.07) is 11.5. The van der Waals surface area contributed by atoms with Crippen molar-refractivity contribution in [2.45, 2.75) is 0 Å². The van der Waals surface area contributed by atoms with E-state index in [0.29, 0.717) is 5.56 Å². The molecule has 0 unspecified atom stereocenters. The second-order valence-corrected chi connectivity index (χ2v) is 4.53. The van der Waals surface area contributed by atoms with E-state index in [9.17, 15) is 19.5 Å². The molecule has 0 heterocycles. The van der Waals surface area contributed by atoms with Crippen LogP contribution in [-0.2, 0) is 4.74 Å². The first-order valence-corrected chi connectivity index (χ1v) is 6.59. The number of rotatable bonds is 3.